The molecule has 15 heavy (non-hydrogen) atoms. The van der Waals surface area contributed by atoms with Crippen LogP contribution in [0.2, 0.25) is 0 Å². The summed E-state index contributed by atoms with van der Waals surface area (Å²) in [4.78, 5) is 2.31. The molecule has 1 saturated heterocycles. The van der Waals surface area contributed by atoms with Crippen LogP contribution < -0.4 is 10.5 Å². The van der Waals surface area contributed by atoms with Gasteiger partial charge in [0.2, 0.25) is 0 Å². The van der Waals surface area contributed by atoms with Crippen LogP contribution in [0.15, 0.2) is 24.3 Å². The van der Waals surface area contributed by atoms with E-state index in [-0.39, 0.29) is 0 Å². The number of rotatable bonds is 4. The van der Waals surface area contributed by atoms with Gasteiger partial charge in [0.15, 0.2) is 0 Å². The summed E-state index contributed by atoms with van der Waals surface area (Å²) in [6, 6.07) is 8.48. The Labute approximate surface area is 90.8 Å². The van der Waals surface area contributed by atoms with Gasteiger partial charge in [0, 0.05) is 25.7 Å². The van der Waals surface area contributed by atoms with Gasteiger partial charge in [-0.05, 0) is 18.6 Å². The number of ether oxygens (including phenoxy) is 1. The Morgan fingerprint density at radius 3 is 2.80 bits per heavy atom. The van der Waals surface area contributed by atoms with Gasteiger partial charge < -0.3 is 10.5 Å². The molecule has 0 atom stereocenters. The van der Waals surface area contributed by atoms with E-state index in [1.54, 1.807) is 0 Å². The average Bonchev–Trinajstić information content (AvgIpc) is 2.18. The van der Waals surface area contributed by atoms with Crippen LogP contribution in [0.3, 0.4) is 0 Å². The zero-order valence-electron chi connectivity index (χ0n) is 9.15. The molecule has 0 aromatic heterocycles. The molecule has 0 spiro atoms. The summed E-state index contributed by atoms with van der Waals surface area (Å²) < 4.78 is 5.70. The number of hydrogen-bond acceptors (Lipinski definition) is 3. The second-order valence-corrected chi connectivity index (χ2v) is 4.13. The number of aryl methyl sites for hydroxylation is 1. The molecule has 82 valence electrons. The Hall–Kier alpha value is -1.06. The first-order valence-electron chi connectivity index (χ1n) is 5.42. The molecule has 3 heteroatoms. The molecule has 1 heterocycles. The lowest BCUT2D eigenvalue weighted by Crippen LogP contribution is -2.56. The van der Waals surface area contributed by atoms with E-state index in [4.69, 9.17) is 10.5 Å². The Bertz CT molecular complexity index is 321. The lowest BCUT2D eigenvalue weighted by atomic mass is 10.1. The predicted molar refractivity (Wildman–Crippen MR) is 61.1 cm³/mol. The average molecular weight is 206 g/mol. The fourth-order valence-electron chi connectivity index (χ4n) is 1.80. The van der Waals surface area contributed by atoms with Crippen molar-refractivity contribution in [3.05, 3.63) is 29.8 Å². The largest absolute Gasteiger partial charge is 0.492 e. The van der Waals surface area contributed by atoms with Crippen LogP contribution >= 0.6 is 0 Å². The maximum Gasteiger partial charge on any atom is 0.122 e. The SMILES string of the molecule is Cc1ccccc1OCCN1CC(N)C1. The molecular weight excluding hydrogens is 188 g/mol. The minimum Gasteiger partial charge on any atom is -0.492 e. The molecule has 0 aliphatic carbocycles. The van der Waals surface area contributed by atoms with Crippen molar-refractivity contribution in [3.63, 3.8) is 0 Å². The van der Waals surface area contributed by atoms with E-state index >= 15 is 0 Å². The molecule has 0 radical (unpaired) electrons. The van der Waals surface area contributed by atoms with E-state index in [0.717, 1.165) is 32.0 Å². The number of hydrogen-bond donors (Lipinski definition) is 1. The van der Waals surface area contributed by atoms with Crippen molar-refractivity contribution in [2.24, 2.45) is 5.73 Å². The van der Waals surface area contributed by atoms with E-state index < -0.39 is 0 Å². The topological polar surface area (TPSA) is 38.5 Å². The van der Waals surface area contributed by atoms with Gasteiger partial charge in [0.25, 0.3) is 0 Å². The highest BCUT2D eigenvalue weighted by atomic mass is 16.5. The quantitative estimate of drug-likeness (QED) is 0.799. The molecule has 0 unspecified atom stereocenters. The van der Waals surface area contributed by atoms with Gasteiger partial charge in [-0.25, -0.2) is 0 Å². The van der Waals surface area contributed by atoms with Crippen molar-refractivity contribution in [1.29, 1.82) is 0 Å². The number of likely N-dealkylation sites (tertiary alicyclic amines) is 1. The van der Waals surface area contributed by atoms with Gasteiger partial charge in [-0.1, -0.05) is 18.2 Å². The number of nitrogens with zero attached hydrogens (tertiary/aromatic N) is 1. The summed E-state index contributed by atoms with van der Waals surface area (Å²) >= 11 is 0. The number of nitrogens with two attached hydrogens (primary N) is 1. The van der Waals surface area contributed by atoms with Crippen LogP contribution in [0.25, 0.3) is 0 Å². The second-order valence-electron chi connectivity index (χ2n) is 4.13. The minimum atomic E-state index is 0.378. The highest BCUT2D eigenvalue weighted by molar-refractivity contribution is 5.31. The first-order valence-corrected chi connectivity index (χ1v) is 5.42. The summed E-state index contributed by atoms with van der Waals surface area (Å²) in [5.41, 5.74) is 6.89. The summed E-state index contributed by atoms with van der Waals surface area (Å²) in [5.74, 6) is 0.988. The zero-order valence-corrected chi connectivity index (χ0v) is 9.15. The van der Waals surface area contributed by atoms with Crippen molar-refractivity contribution in [2.75, 3.05) is 26.2 Å². The highest BCUT2D eigenvalue weighted by Gasteiger charge is 2.21. The summed E-state index contributed by atoms with van der Waals surface area (Å²) in [6.07, 6.45) is 0. The van der Waals surface area contributed by atoms with Gasteiger partial charge in [-0.2, -0.15) is 0 Å². The molecule has 2 N–H and O–H groups in total. The minimum absolute atomic E-state index is 0.378. The number of benzene rings is 1. The summed E-state index contributed by atoms with van der Waals surface area (Å²) in [5, 5.41) is 0. The lowest BCUT2D eigenvalue weighted by Gasteiger charge is -2.36. The van der Waals surface area contributed by atoms with Crippen molar-refractivity contribution in [3.8, 4) is 5.75 Å². The van der Waals surface area contributed by atoms with Gasteiger partial charge >= 0.3 is 0 Å². The fraction of sp³-hybridized carbons (Fsp3) is 0.500. The zero-order chi connectivity index (χ0) is 10.7. The van der Waals surface area contributed by atoms with Crippen molar-refractivity contribution >= 4 is 0 Å². The van der Waals surface area contributed by atoms with Crippen LogP contribution in [0.5, 0.6) is 5.75 Å². The molecule has 1 aliphatic rings. The van der Waals surface area contributed by atoms with Gasteiger partial charge in [0.05, 0.1) is 0 Å². The van der Waals surface area contributed by atoms with Crippen LogP contribution in [-0.2, 0) is 0 Å². The molecule has 1 fully saturated rings. The van der Waals surface area contributed by atoms with Crippen LogP contribution in [0.4, 0.5) is 0 Å². The van der Waals surface area contributed by atoms with Gasteiger partial charge in [-0.3, -0.25) is 4.90 Å². The molecule has 1 aromatic rings. The first-order chi connectivity index (χ1) is 7.25. The molecule has 0 bridgehead atoms. The van der Waals surface area contributed by atoms with E-state index in [2.05, 4.69) is 17.9 Å². The Morgan fingerprint density at radius 2 is 2.13 bits per heavy atom. The van der Waals surface area contributed by atoms with Crippen LogP contribution in [0.1, 0.15) is 5.56 Å². The molecule has 1 aromatic carbocycles. The van der Waals surface area contributed by atoms with Crippen molar-refractivity contribution < 1.29 is 4.74 Å². The number of para-hydroxylation sites is 1. The highest BCUT2D eigenvalue weighted by Crippen LogP contribution is 2.16. The van der Waals surface area contributed by atoms with Crippen LogP contribution in [-0.4, -0.2) is 37.2 Å². The molecular formula is C12H18N2O. The van der Waals surface area contributed by atoms with Gasteiger partial charge in [-0.15, -0.1) is 0 Å². The lowest BCUT2D eigenvalue weighted by molar-refractivity contribution is 0.124. The smallest absolute Gasteiger partial charge is 0.122 e. The van der Waals surface area contributed by atoms with Crippen molar-refractivity contribution in [2.45, 2.75) is 13.0 Å². The maximum absolute atomic E-state index is 5.70. The molecule has 0 amide bonds. The van der Waals surface area contributed by atoms with E-state index in [9.17, 15) is 0 Å². The van der Waals surface area contributed by atoms with E-state index in [0.29, 0.717) is 6.04 Å². The second kappa shape index (κ2) is 4.64. The third-order valence-corrected chi connectivity index (χ3v) is 2.74. The Balaban J connectivity index is 1.72. The molecule has 0 saturated carbocycles. The van der Waals surface area contributed by atoms with Gasteiger partial charge in [0.1, 0.15) is 12.4 Å². The Kier molecular flexibility index (Phi) is 3.23. The molecule has 2 rings (SSSR count). The molecule has 1 aliphatic heterocycles. The Morgan fingerprint density at radius 1 is 1.40 bits per heavy atom. The summed E-state index contributed by atoms with van der Waals surface area (Å²) in [7, 11) is 0. The maximum atomic E-state index is 5.70. The molecule has 3 nitrogen and oxygen atoms in total. The normalized spacial score (nSPS) is 17.5. The third kappa shape index (κ3) is 2.70. The van der Waals surface area contributed by atoms with Crippen LogP contribution in [0, 0.1) is 6.92 Å². The standard InChI is InChI=1S/C12H18N2O/c1-10-4-2-3-5-12(10)15-7-6-14-8-11(13)9-14/h2-5,11H,6-9,13H2,1H3. The fourth-order valence-corrected chi connectivity index (χ4v) is 1.80. The monoisotopic (exact) mass is 206 g/mol. The van der Waals surface area contributed by atoms with Crippen molar-refractivity contribution in [1.82, 2.24) is 4.90 Å². The van der Waals surface area contributed by atoms with E-state index in [1.165, 1.54) is 5.56 Å². The predicted octanol–water partition coefficient (Wildman–Crippen LogP) is 1.02. The summed E-state index contributed by atoms with van der Waals surface area (Å²) in [6.45, 7) is 5.81. The van der Waals surface area contributed by atoms with E-state index in [1.807, 2.05) is 18.2 Å². The first kappa shape index (κ1) is 10.5. The third-order valence-electron chi connectivity index (χ3n) is 2.74.